The molecule has 0 spiro atoms. The van der Waals surface area contributed by atoms with Crippen LogP contribution in [0.4, 0.5) is 18.0 Å². The van der Waals surface area contributed by atoms with Crippen LogP contribution in [0.15, 0.2) is 6.20 Å². The number of aromatic nitrogens is 3. The molecule has 1 heterocycles. The fourth-order valence-corrected chi connectivity index (χ4v) is 4.45. The number of nitrogens with zero attached hydrogens (tertiary/aromatic N) is 3. The summed E-state index contributed by atoms with van der Waals surface area (Å²) in [5.74, 6) is 0. The first-order valence-corrected chi connectivity index (χ1v) is 9.05. The van der Waals surface area contributed by atoms with Gasteiger partial charge in [0.1, 0.15) is 5.60 Å². The maximum atomic E-state index is 12.2. The molecular formula is C17H23F3N4O3. The summed E-state index contributed by atoms with van der Waals surface area (Å²) in [7, 11) is 0. The van der Waals surface area contributed by atoms with Crippen LogP contribution in [0.1, 0.15) is 64.6 Å². The Labute approximate surface area is 154 Å². The first-order valence-electron chi connectivity index (χ1n) is 9.05. The van der Waals surface area contributed by atoms with Gasteiger partial charge in [-0.25, -0.2) is 9.48 Å². The zero-order valence-corrected chi connectivity index (χ0v) is 15.5. The lowest BCUT2D eigenvalue weighted by Gasteiger charge is -2.69. The molecule has 1 amide bonds. The number of hydrogen-bond donors (Lipinski definition) is 1. The molecule has 7 nitrogen and oxygen atoms in total. The maximum Gasteiger partial charge on any atom is 0.522 e. The largest absolute Gasteiger partial charge is 0.522 e. The van der Waals surface area contributed by atoms with Crippen molar-refractivity contribution in [2.45, 2.75) is 87.9 Å². The van der Waals surface area contributed by atoms with Gasteiger partial charge in [0.15, 0.2) is 0 Å². The van der Waals surface area contributed by atoms with Crippen molar-refractivity contribution in [3.05, 3.63) is 11.9 Å². The Morgan fingerprint density at radius 2 is 1.89 bits per heavy atom. The van der Waals surface area contributed by atoms with Gasteiger partial charge in [0.05, 0.1) is 17.8 Å². The molecule has 1 aromatic rings. The quantitative estimate of drug-likeness (QED) is 0.857. The van der Waals surface area contributed by atoms with Crippen LogP contribution in [0.2, 0.25) is 0 Å². The molecule has 0 radical (unpaired) electrons. The maximum absolute atomic E-state index is 12.2. The molecule has 4 saturated carbocycles. The summed E-state index contributed by atoms with van der Waals surface area (Å²) in [6.07, 6.45) is -1.09. The van der Waals surface area contributed by atoms with Crippen LogP contribution in [0.25, 0.3) is 0 Å². The Bertz CT molecular complexity index is 730. The van der Waals surface area contributed by atoms with Gasteiger partial charge >= 0.3 is 12.5 Å². The van der Waals surface area contributed by atoms with E-state index in [1.165, 1.54) is 0 Å². The van der Waals surface area contributed by atoms with Crippen LogP contribution in [-0.4, -0.2) is 44.7 Å². The smallest absolute Gasteiger partial charge is 0.444 e. The highest BCUT2D eigenvalue weighted by Crippen LogP contribution is 2.67. The minimum Gasteiger partial charge on any atom is -0.444 e. The van der Waals surface area contributed by atoms with E-state index in [0.717, 1.165) is 25.0 Å². The van der Waals surface area contributed by atoms with E-state index in [0.29, 0.717) is 0 Å². The summed E-state index contributed by atoms with van der Waals surface area (Å²) in [4.78, 5) is 11.9. The molecule has 0 aliphatic heterocycles. The molecule has 2 bridgehead atoms. The highest BCUT2D eigenvalue weighted by Gasteiger charge is 2.70. The van der Waals surface area contributed by atoms with E-state index in [1.54, 1.807) is 4.68 Å². The van der Waals surface area contributed by atoms with Crippen molar-refractivity contribution in [3.8, 4) is 0 Å². The average Bonchev–Trinajstić information content (AvgIpc) is 2.81. The van der Waals surface area contributed by atoms with Gasteiger partial charge in [-0.3, -0.25) is 4.74 Å². The molecule has 1 aromatic heterocycles. The number of ether oxygens (including phenoxy) is 2. The lowest BCUT2D eigenvalue weighted by atomic mass is 9.38. The Morgan fingerprint density at radius 3 is 2.44 bits per heavy atom. The summed E-state index contributed by atoms with van der Waals surface area (Å²) in [5.41, 5.74) is -0.00653. The molecule has 4 aliphatic rings. The number of alkyl halides is 3. The highest BCUT2D eigenvalue weighted by atomic mass is 19.4. The minimum atomic E-state index is -4.59. The Kier molecular flexibility index (Phi) is 3.83. The van der Waals surface area contributed by atoms with Crippen molar-refractivity contribution in [1.29, 1.82) is 0 Å². The van der Waals surface area contributed by atoms with Crippen molar-refractivity contribution in [1.82, 2.24) is 20.3 Å². The molecule has 0 aromatic carbocycles. The zero-order valence-electron chi connectivity index (χ0n) is 15.5. The minimum absolute atomic E-state index is 0.0844. The molecular weight excluding hydrogens is 365 g/mol. The molecule has 1 N–H and O–H groups in total. The number of rotatable bonds is 4. The summed E-state index contributed by atoms with van der Waals surface area (Å²) in [6, 6.07) is -0.111. The Hall–Kier alpha value is -1.84. The summed E-state index contributed by atoms with van der Waals surface area (Å²) < 4.78 is 47.5. The fraction of sp³-hybridized carbons (Fsp3) is 0.824. The predicted octanol–water partition coefficient (Wildman–Crippen LogP) is 3.22. The summed E-state index contributed by atoms with van der Waals surface area (Å²) >= 11 is 0. The number of carbonyl (C=O) groups is 1. The third-order valence-corrected chi connectivity index (χ3v) is 5.59. The average molecular weight is 388 g/mol. The van der Waals surface area contributed by atoms with Gasteiger partial charge in [-0.05, 0) is 52.9 Å². The number of nitrogens with one attached hydrogen (secondary N) is 1. The molecule has 0 saturated heterocycles. The second-order valence-electron chi connectivity index (χ2n) is 9.11. The van der Waals surface area contributed by atoms with Crippen molar-refractivity contribution >= 4 is 6.09 Å². The van der Waals surface area contributed by atoms with Crippen LogP contribution >= 0.6 is 0 Å². The Morgan fingerprint density at radius 1 is 1.26 bits per heavy atom. The van der Waals surface area contributed by atoms with Crippen molar-refractivity contribution in [2.75, 3.05) is 0 Å². The molecule has 0 unspecified atom stereocenters. The number of alkyl carbamates (subject to hydrolysis) is 1. The number of amides is 1. The first kappa shape index (κ1) is 18.5. The fourth-order valence-electron chi connectivity index (χ4n) is 4.45. The van der Waals surface area contributed by atoms with Crippen LogP contribution in [-0.2, 0) is 14.9 Å². The zero-order chi connectivity index (χ0) is 19.7. The van der Waals surface area contributed by atoms with Crippen molar-refractivity contribution in [3.63, 3.8) is 0 Å². The van der Waals surface area contributed by atoms with Gasteiger partial charge < -0.3 is 10.1 Å². The molecule has 150 valence electrons. The van der Waals surface area contributed by atoms with Gasteiger partial charge in [-0.15, -0.1) is 18.3 Å². The highest BCUT2D eigenvalue weighted by molar-refractivity contribution is 5.70. The lowest BCUT2D eigenvalue weighted by Crippen LogP contribution is -2.77. The lowest BCUT2D eigenvalue weighted by molar-refractivity contribution is -0.353. The van der Waals surface area contributed by atoms with E-state index < -0.39 is 24.2 Å². The van der Waals surface area contributed by atoms with Gasteiger partial charge in [0, 0.05) is 17.2 Å². The van der Waals surface area contributed by atoms with Crippen LogP contribution in [0.5, 0.6) is 0 Å². The van der Waals surface area contributed by atoms with E-state index in [1.807, 2.05) is 27.0 Å². The van der Waals surface area contributed by atoms with Gasteiger partial charge in [-0.2, -0.15) is 0 Å². The van der Waals surface area contributed by atoms with E-state index in [4.69, 9.17) is 4.74 Å². The van der Waals surface area contributed by atoms with Crippen LogP contribution in [0, 0.1) is 0 Å². The number of carbonyl (C=O) groups excluding carboxylic acids is 1. The monoisotopic (exact) mass is 388 g/mol. The predicted molar refractivity (Wildman–Crippen MR) is 86.9 cm³/mol. The number of halogens is 3. The van der Waals surface area contributed by atoms with Crippen LogP contribution < -0.4 is 5.32 Å². The normalized spacial score (nSPS) is 34.9. The second-order valence-corrected chi connectivity index (χ2v) is 9.11. The van der Waals surface area contributed by atoms with Crippen LogP contribution in [0.3, 0.4) is 0 Å². The molecule has 0 atom stereocenters. The molecule has 10 heteroatoms. The molecule has 5 rings (SSSR count). The standard InChI is InChI=1S/C17H23F3N4O3/c1-14(2,3)27-13(25)21-16-7-15(8-16,9-16)12-6-24(23-22-12)10-4-11(5-10)26-17(18,19)20/h6,10-11H,4-5,7-9H2,1-3H3,(H,21,25). The van der Waals surface area contributed by atoms with E-state index >= 15 is 0 Å². The summed E-state index contributed by atoms with van der Waals surface area (Å²) in [6.45, 7) is 5.46. The first-order chi connectivity index (χ1) is 12.4. The Balaban J connectivity index is 1.28. The molecule has 27 heavy (non-hydrogen) atoms. The molecule has 4 fully saturated rings. The van der Waals surface area contributed by atoms with E-state index in [9.17, 15) is 18.0 Å². The number of hydrogen-bond acceptors (Lipinski definition) is 5. The summed E-state index contributed by atoms with van der Waals surface area (Å²) in [5, 5.41) is 11.3. The van der Waals surface area contributed by atoms with Crippen molar-refractivity contribution < 1.29 is 27.4 Å². The van der Waals surface area contributed by atoms with Gasteiger partial charge in [0.2, 0.25) is 0 Å². The third-order valence-electron chi connectivity index (χ3n) is 5.59. The SMILES string of the molecule is CC(C)(C)OC(=O)NC12CC(c3cn(C4CC(OC(F)(F)F)C4)nn3)(C1)C2. The third kappa shape index (κ3) is 3.51. The van der Waals surface area contributed by atoms with E-state index in [2.05, 4.69) is 20.4 Å². The van der Waals surface area contributed by atoms with Gasteiger partial charge in [-0.1, -0.05) is 5.21 Å². The second kappa shape index (κ2) is 5.59. The van der Waals surface area contributed by atoms with E-state index in [-0.39, 0.29) is 29.8 Å². The van der Waals surface area contributed by atoms with Crippen molar-refractivity contribution in [2.24, 2.45) is 0 Å². The van der Waals surface area contributed by atoms with Gasteiger partial charge in [0.25, 0.3) is 0 Å². The molecule has 4 aliphatic carbocycles. The topological polar surface area (TPSA) is 78.3 Å².